The molecule has 36 heavy (non-hydrogen) atoms. The van der Waals surface area contributed by atoms with Gasteiger partial charge in [-0.1, -0.05) is 6.07 Å². The monoisotopic (exact) mass is 539 g/mol. The molecular weight excluding hydrogens is 516 g/mol. The van der Waals surface area contributed by atoms with Gasteiger partial charge in [-0.3, -0.25) is 4.98 Å². The molecule has 0 radical (unpaired) electrons. The number of piperidine rings is 1. The zero-order chi connectivity index (χ0) is 26.1. The lowest BCUT2D eigenvalue weighted by Crippen LogP contribution is -2.41. The van der Waals surface area contributed by atoms with Crippen LogP contribution in [0.5, 0.6) is 17.4 Å². The molecule has 1 aliphatic heterocycles. The molecule has 3 aromatic rings. The number of hydrogen-bond acceptors (Lipinski definition) is 8. The molecule has 0 aliphatic carbocycles. The number of halogens is 2. The van der Waals surface area contributed by atoms with Crippen molar-refractivity contribution in [3.8, 4) is 28.5 Å². The summed E-state index contributed by atoms with van der Waals surface area (Å²) in [6.07, 6.45) is 6.64. The Balaban J connectivity index is 1.54. The summed E-state index contributed by atoms with van der Waals surface area (Å²) in [6.45, 7) is 0.528. The van der Waals surface area contributed by atoms with E-state index >= 15 is 0 Å². The van der Waals surface area contributed by atoms with E-state index in [-0.39, 0.29) is 35.4 Å². The third-order valence-corrected chi connectivity index (χ3v) is 7.94. The van der Waals surface area contributed by atoms with Gasteiger partial charge in [0.1, 0.15) is 22.5 Å². The van der Waals surface area contributed by atoms with Crippen molar-refractivity contribution in [3.05, 3.63) is 60.6 Å². The Kier molecular flexibility index (Phi) is 7.25. The lowest BCUT2D eigenvalue weighted by atomic mass is 10.1. The van der Waals surface area contributed by atoms with E-state index in [1.54, 1.807) is 6.07 Å². The normalized spacial score (nSPS) is 15.6. The van der Waals surface area contributed by atoms with Crippen LogP contribution < -0.4 is 9.47 Å². The van der Waals surface area contributed by atoms with Gasteiger partial charge in [-0.05, 0) is 36.6 Å². The number of sulfone groups is 1. The number of hydrogen-bond donors (Lipinski definition) is 0. The number of nitrogens with zero attached hydrogens (tertiary/aromatic N) is 3. The van der Waals surface area contributed by atoms with E-state index in [1.807, 2.05) is 0 Å². The third-order valence-electron chi connectivity index (χ3n) is 5.54. The van der Waals surface area contributed by atoms with Gasteiger partial charge in [-0.15, -0.1) is 0 Å². The van der Waals surface area contributed by atoms with E-state index in [9.17, 15) is 25.6 Å². The van der Waals surface area contributed by atoms with Crippen molar-refractivity contribution in [2.75, 3.05) is 25.6 Å². The molecule has 4 rings (SSSR count). The fourth-order valence-corrected chi connectivity index (χ4v) is 5.33. The smallest absolute Gasteiger partial charge is 0.233 e. The van der Waals surface area contributed by atoms with Gasteiger partial charge in [0.25, 0.3) is 0 Å². The second-order valence-electron chi connectivity index (χ2n) is 8.37. The van der Waals surface area contributed by atoms with Gasteiger partial charge >= 0.3 is 0 Å². The number of rotatable bonds is 7. The molecule has 192 valence electrons. The predicted octanol–water partition coefficient (Wildman–Crippen LogP) is 3.42. The highest BCUT2D eigenvalue weighted by Crippen LogP contribution is 2.32. The van der Waals surface area contributed by atoms with Gasteiger partial charge in [0, 0.05) is 37.2 Å². The van der Waals surface area contributed by atoms with Crippen molar-refractivity contribution in [3.63, 3.8) is 0 Å². The van der Waals surface area contributed by atoms with Gasteiger partial charge < -0.3 is 9.47 Å². The zero-order valence-electron chi connectivity index (χ0n) is 19.4. The maximum atomic E-state index is 13.6. The number of benzene rings is 1. The first-order chi connectivity index (χ1) is 16.9. The summed E-state index contributed by atoms with van der Waals surface area (Å²) in [5, 5.41) is 0. The Labute approximate surface area is 207 Å². The molecule has 0 spiro atoms. The Morgan fingerprint density at radius 2 is 1.58 bits per heavy atom. The van der Waals surface area contributed by atoms with Crippen molar-refractivity contribution in [2.24, 2.45) is 0 Å². The maximum Gasteiger partial charge on any atom is 0.233 e. The molecule has 0 N–H and O–H groups in total. The minimum absolute atomic E-state index is 0.0962. The van der Waals surface area contributed by atoms with E-state index in [0.717, 1.165) is 24.6 Å². The second kappa shape index (κ2) is 10.1. The van der Waals surface area contributed by atoms with Gasteiger partial charge in [0.2, 0.25) is 15.9 Å². The van der Waals surface area contributed by atoms with Gasteiger partial charge in [-0.2, -0.15) is 0 Å². The maximum absolute atomic E-state index is 13.6. The summed E-state index contributed by atoms with van der Waals surface area (Å²) >= 11 is 0. The van der Waals surface area contributed by atoms with Gasteiger partial charge in [0.05, 0.1) is 18.6 Å². The molecule has 1 fully saturated rings. The number of pyridine rings is 2. The Hall–Kier alpha value is -3.16. The first-order valence-corrected chi connectivity index (χ1v) is 14.5. The van der Waals surface area contributed by atoms with Crippen molar-refractivity contribution in [1.82, 2.24) is 14.3 Å². The zero-order valence-corrected chi connectivity index (χ0v) is 21.0. The largest absolute Gasteiger partial charge is 0.473 e. The summed E-state index contributed by atoms with van der Waals surface area (Å²) in [4.78, 5) is 8.00. The van der Waals surface area contributed by atoms with Crippen LogP contribution in [0.2, 0.25) is 0 Å². The average Bonchev–Trinajstić information content (AvgIpc) is 2.81. The fraction of sp³-hybridized carbons (Fsp3) is 0.304. The molecule has 3 heterocycles. The van der Waals surface area contributed by atoms with E-state index < -0.39 is 37.6 Å². The van der Waals surface area contributed by atoms with Crippen LogP contribution >= 0.6 is 0 Å². The number of aromatic nitrogens is 2. The minimum atomic E-state index is -3.76. The Morgan fingerprint density at radius 1 is 0.889 bits per heavy atom. The van der Waals surface area contributed by atoms with Crippen LogP contribution in [-0.2, 0) is 19.9 Å². The summed E-state index contributed by atoms with van der Waals surface area (Å²) < 4.78 is 88.1. The van der Waals surface area contributed by atoms with Crippen LogP contribution in [0.3, 0.4) is 0 Å². The molecule has 0 saturated carbocycles. The third kappa shape index (κ3) is 6.15. The molecule has 0 unspecified atom stereocenters. The Bertz CT molecular complexity index is 1490. The van der Waals surface area contributed by atoms with Gasteiger partial charge in [-0.25, -0.2) is 34.9 Å². The molecule has 1 aliphatic rings. The van der Waals surface area contributed by atoms with Crippen LogP contribution in [0.25, 0.3) is 11.1 Å². The van der Waals surface area contributed by atoms with Crippen molar-refractivity contribution < 1.29 is 35.1 Å². The molecule has 13 heteroatoms. The summed E-state index contributed by atoms with van der Waals surface area (Å²) in [6, 6.07) is 6.25. The first-order valence-electron chi connectivity index (χ1n) is 10.8. The molecule has 9 nitrogen and oxygen atoms in total. The summed E-state index contributed by atoms with van der Waals surface area (Å²) in [5.74, 6) is -1.75. The van der Waals surface area contributed by atoms with E-state index in [2.05, 4.69) is 9.97 Å². The molecule has 0 amide bonds. The van der Waals surface area contributed by atoms with Crippen LogP contribution in [0.4, 0.5) is 8.78 Å². The quantitative estimate of drug-likeness (QED) is 0.449. The van der Waals surface area contributed by atoms with Crippen molar-refractivity contribution in [2.45, 2.75) is 23.8 Å². The highest BCUT2D eigenvalue weighted by atomic mass is 32.2. The lowest BCUT2D eigenvalue weighted by Gasteiger charge is -2.30. The Morgan fingerprint density at radius 3 is 2.22 bits per heavy atom. The molecular formula is C23H23F2N3O6S2. The van der Waals surface area contributed by atoms with E-state index in [4.69, 9.17) is 9.47 Å². The van der Waals surface area contributed by atoms with E-state index in [0.29, 0.717) is 24.0 Å². The number of ether oxygens (including phenoxy) is 2. The first kappa shape index (κ1) is 25.9. The molecule has 0 bridgehead atoms. The molecule has 1 saturated heterocycles. The molecule has 2 aromatic heterocycles. The SMILES string of the molecule is CS(=O)(=O)c1cc(Oc2cncc(-c3ccc(F)c(F)c3)c2)cnc1OC1CCN(S(C)(=O)=O)CC1. The van der Waals surface area contributed by atoms with Crippen LogP contribution in [0.15, 0.2) is 53.8 Å². The van der Waals surface area contributed by atoms with Crippen LogP contribution in [-0.4, -0.2) is 62.8 Å². The fourth-order valence-electron chi connectivity index (χ4n) is 3.71. The predicted molar refractivity (Wildman–Crippen MR) is 127 cm³/mol. The standard InChI is InChI=1S/C23H23F2N3O6S2/c1-35(29,30)22-11-19(14-27-23(22)34-17-5-7-28(8-6-17)36(2,31)32)33-18-9-16(12-26-13-18)15-3-4-20(24)21(25)10-15/h3-4,9-14,17H,5-8H2,1-2H3. The second-order valence-corrected chi connectivity index (χ2v) is 12.3. The van der Waals surface area contributed by atoms with Crippen LogP contribution in [0, 0.1) is 11.6 Å². The minimum Gasteiger partial charge on any atom is -0.473 e. The highest BCUT2D eigenvalue weighted by Gasteiger charge is 2.28. The van der Waals surface area contributed by atoms with Crippen molar-refractivity contribution in [1.29, 1.82) is 0 Å². The highest BCUT2D eigenvalue weighted by molar-refractivity contribution is 7.90. The van der Waals surface area contributed by atoms with Crippen LogP contribution in [0.1, 0.15) is 12.8 Å². The van der Waals surface area contributed by atoms with E-state index in [1.165, 1.54) is 35.0 Å². The summed E-state index contributed by atoms with van der Waals surface area (Å²) in [5.41, 5.74) is 0.843. The molecule has 1 aromatic carbocycles. The number of sulfonamides is 1. The summed E-state index contributed by atoms with van der Waals surface area (Å²) in [7, 11) is -7.06. The van der Waals surface area contributed by atoms with Crippen molar-refractivity contribution >= 4 is 19.9 Å². The van der Waals surface area contributed by atoms with Gasteiger partial charge in [0.15, 0.2) is 21.5 Å². The average molecular weight is 540 g/mol. The lowest BCUT2D eigenvalue weighted by molar-refractivity contribution is 0.126. The molecule has 0 atom stereocenters. The topological polar surface area (TPSA) is 116 Å².